The van der Waals surface area contributed by atoms with Crippen molar-refractivity contribution < 1.29 is 33.6 Å². The fraction of sp³-hybridized carbons (Fsp3) is 0.348. The Morgan fingerprint density at radius 1 is 1.24 bits per heavy atom. The second kappa shape index (κ2) is 8.26. The summed E-state index contributed by atoms with van der Waals surface area (Å²) in [5, 5.41) is 36.0. The highest BCUT2D eigenvalue weighted by Crippen LogP contribution is 2.52. The Bertz CT molecular complexity index is 1540. The molecule has 0 bridgehead atoms. The molecule has 37 heavy (non-hydrogen) atoms. The summed E-state index contributed by atoms with van der Waals surface area (Å²) < 4.78 is 34.5. The number of nitrogens with one attached hydrogen (secondary N) is 1. The smallest absolute Gasteiger partial charge is 0.410 e. The van der Waals surface area contributed by atoms with Gasteiger partial charge in [-0.15, -0.1) is 5.10 Å². The van der Waals surface area contributed by atoms with Crippen LogP contribution >= 0.6 is 0 Å². The lowest BCUT2D eigenvalue weighted by Crippen LogP contribution is -2.49. The molecule has 12 nitrogen and oxygen atoms in total. The zero-order valence-corrected chi connectivity index (χ0v) is 19.2. The van der Waals surface area contributed by atoms with Gasteiger partial charge in [0.15, 0.2) is 11.5 Å². The second-order valence-corrected chi connectivity index (χ2v) is 9.16. The van der Waals surface area contributed by atoms with Crippen LogP contribution in [0.15, 0.2) is 36.8 Å². The maximum Gasteiger partial charge on any atom is 0.410 e. The molecule has 192 valence electrons. The second-order valence-electron chi connectivity index (χ2n) is 9.16. The van der Waals surface area contributed by atoms with Gasteiger partial charge < -0.3 is 25.0 Å². The summed E-state index contributed by atoms with van der Waals surface area (Å²) in [6.07, 6.45) is 0.284. The molecule has 1 aliphatic heterocycles. The van der Waals surface area contributed by atoms with Crippen molar-refractivity contribution in [3.8, 4) is 11.4 Å². The third-order valence-electron chi connectivity index (χ3n) is 6.91. The number of aromatic nitrogens is 5. The van der Waals surface area contributed by atoms with Crippen LogP contribution in [0.1, 0.15) is 18.5 Å². The SMILES string of the molecule is O=C(O)Nc1cc2c(-c3nc4ccc(N5CCO[C@]6(C5)C[C@]6(O)CO)cn4n3)cnc(C(F)F)c2cn1. The maximum atomic E-state index is 13.6. The summed E-state index contributed by atoms with van der Waals surface area (Å²) >= 11 is 0. The predicted octanol–water partition coefficient (Wildman–Crippen LogP) is 2.07. The normalized spacial score (nSPS) is 23.3. The summed E-state index contributed by atoms with van der Waals surface area (Å²) in [6.45, 7) is 0.981. The summed E-state index contributed by atoms with van der Waals surface area (Å²) in [6, 6.07) is 4.94. The Morgan fingerprint density at radius 3 is 2.81 bits per heavy atom. The number of amides is 1. The number of morpholine rings is 1. The van der Waals surface area contributed by atoms with E-state index in [4.69, 9.17) is 9.84 Å². The Morgan fingerprint density at radius 2 is 2.08 bits per heavy atom. The Balaban J connectivity index is 1.38. The molecule has 0 radical (unpaired) electrons. The first-order chi connectivity index (χ1) is 17.7. The Labute approximate surface area is 207 Å². The number of fused-ring (bicyclic) bond motifs is 2. The highest BCUT2D eigenvalue weighted by molar-refractivity contribution is 5.98. The molecule has 4 N–H and O–H groups in total. The molecular formula is C23H21F2N7O5. The van der Waals surface area contributed by atoms with E-state index in [9.17, 15) is 23.8 Å². The molecule has 4 aromatic rings. The van der Waals surface area contributed by atoms with Crippen molar-refractivity contribution in [3.05, 3.63) is 42.5 Å². The molecule has 1 spiro atoms. The lowest BCUT2D eigenvalue weighted by atomic mass is 10.1. The number of anilines is 2. The third kappa shape index (κ3) is 3.80. The first-order valence-corrected chi connectivity index (χ1v) is 11.4. The van der Waals surface area contributed by atoms with E-state index in [0.717, 1.165) is 11.9 Å². The number of nitrogens with zero attached hydrogens (tertiary/aromatic N) is 6. The van der Waals surface area contributed by atoms with E-state index in [1.165, 1.54) is 12.3 Å². The molecule has 6 rings (SSSR count). The summed E-state index contributed by atoms with van der Waals surface area (Å²) in [7, 11) is 0. The monoisotopic (exact) mass is 513 g/mol. The number of aliphatic hydroxyl groups is 2. The Hall–Kier alpha value is -4.01. The van der Waals surface area contributed by atoms with Gasteiger partial charge in [-0.25, -0.2) is 28.1 Å². The van der Waals surface area contributed by atoms with Crippen molar-refractivity contribution >= 4 is 34.0 Å². The number of halogens is 2. The number of aliphatic hydroxyl groups excluding tert-OH is 1. The van der Waals surface area contributed by atoms with Crippen LogP contribution in [-0.4, -0.2) is 83.5 Å². The third-order valence-corrected chi connectivity index (χ3v) is 6.91. The highest BCUT2D eigenvalue weighted by Gasteiger charge is 2.69. The van der Waals surface area contributed by atoms with Crippen molar-refractivity contribution in [3.63, 3.8) is 0 Å². The average molecular weight is 513 g/mol. The van der Waals surface area contributed by atoms with Gasteiger partial charge in [0, 0.05) is 41.7 Å². The van der Waals surface area contributed by atoms with Gasteiger partial charge in [-0.2, -0.15) is 0 Å². The minimum Gasteiger partial charge on any atom is -0.465 e. The Kier molecular flexibility index (Phi) is 5.22. The molecule has 5 heterocycles. The molecule has 1 aliphatic carbocycles. The highest BCUT2D eigenvalue weighted by atomic mass is 19.3. The van der Waals surface area contributed by atoms with Crippen molar-refractivity contribution in [1.82, 2.24) is 24.6 Å². The molecular weight excluding hydrogens is 492 g/mol. The molecule has 2 atom stereocenters. The van der Waals surface area contributed by atoms with E-state index in [1.54, 1.807) is 16.8 Å². The molecule has 2 aliphatic rings. The maximum absolute atomic E-state index is 13.6. The number of carbonyl (C=O) groups is 1. The zero-order chi connectivity index (χ0) is 25.9. The van der Waals surface area contributed by atoms with Crippen molar-refractivity contribution in [2.45, 2.75) is 24.0 Å². The summed E-state index contributed by atoms with van der Waals surface area (Å²) in [4.78, 5) is 25.4. The number of pyridine rings is 3. The molecule has 1 saturated heterocycles. The topological polar surface area (TPSA) is 158 Å². The van der Waals surface area contributed by atoms with E-state index in [-0.39, 0.29) is 29.0 Å². The molecule has 4 aromatic heterocycles. The average Bonchev–Trinajstić information content (AvgIpc) is 3.21. The van der Waals surface area contributed by atoms with E-state index in [2.05, 4.69) is 25.4 Å². The fourth-order valence-corrected chi connectivity index (χ4v) is 4.88. The number of hydrogen-bond acceptors (Lipinski definition) is 9. The predicted molar refractivity (Wildman–Crippen MR) is 126 cm³/mol. The van der Waals surface area contributed by atoms with Crippen LogP contribution in [0.25, 0.3) is 27.8 Å². The van der Waals surface area contributed by atoms with Gasteiger partial charge in [0.2, 0.25) is 0 Å². The minimum atomic E-state index is -2.86. The van der Waals surface area contributed by atoms with Gasteiger partial charge in [0.05, 0.1) is 31.6 Å². The quantitative estimate of drug-likeness (QED) is 0.311. The van der Waals surface area contributed by atoms with Crippen LogP contribution in [-0.2, 0) is 4.74 Å². The molecule has 0 aromatic carbocycles. The van der Waals surface area contributed by atoms with Gasteiger partial charge in [-0.1, -0.05) is 0 Å². The van der Waals surface area contributed by atoms with Gasteiger partial charge in [0.1, 0.15) is 22.7 Å². The molecule has 0 unspecified atom stereocenters. The van der Waals surface area contributed by atoms with Gasteiger partial charge in [0.25, 0.3) is 6.43 Å². The van der Waals surface area contributed by atoms with E-state index < -0.39 is 29.4 Å². The number of ether oxygens (including phenoxy) is 1. The number of alkyl halides is 2. The summed E-state index contributed by atoms with van der Waals surface area (Å²) in [5.74, 6) is 0.168. The molecule has 2 fully saturated rings. The first kappa shape index (κ1) is 23.4. The minimum absolute atomic E-state index is 0.0390. The molecule has 1 saturated carbocycles. The standard InChI is InChI=1S/C23H21F2N7O5/c24-19(25)18-14-6-26-16(28-21(34)35)5-13(14)15(7-27-18)20-29-17-2-1-12(8-32(17)30-20)31-3-4-37-23(10-31)9-22(23,36)11-33/h1-2,5-8,19,33,36H,3-4,9-11H2,(H,26,28)(H,34,35)/t22-,23-/m0/s1. The zero-order valence-electron chi connectivity index (χ0n) is 19.2. The van der Waals surface area contributed by atoms with Gasteiger partial charge in [-0.3, -0.25) is 10.3 Å². The number of rotatable bonds is 5. The number of carboxylic acid groups (broad SMARTS) is 1. The van der Waals surface area contributed by atoms with E-state index in [0.29, 0.717) is 37.3 Å². The van der Waals surface area contributed by atoms with E-state index in [1.807, 2.05) is 11.0 Å². The van der Waals surface area contributed by atoms with Crippen molar-refractivity contribution in [2.24, 2.45) is 0 Å². The van der Waals surface area contributed by atoms with Crippen molar-refractivity contribution in [1.29, 1.82) is 0 Å². The van der Waals surface area contributed by atoms with Crippen LogP contribution in [0.5, 0.6) is 0 Å². The van der Waals surface area contributed by atoms with E-state index >= 15 is 0 Å². The van der Waals surface area contributed by atoms with Crippen LogP contribution in [0, 0.1) is 0 Å². The fourth-order valence-electron chi connectivity index (χ4n) is 4.88. The number of hydrogen-bond donors (Lipinski definition) is 4. The van der Waals surface area contributed by atoms with Gasteiger partial charge >= 0.3 is 6.09 Å². The molecule has 1 amide bonds. The lowest BCUT2D eigenvalue weighted by Gasteiger charge is -2.36. The first-order valence-electron chi connectivity index (χ1n) is 11.4. The van der Waals surface area contributed by atoms with Crippen molar-refractivity contribution in [2.75, 3.05) is 36.5 Å². The molecule has 14 heteroatoms. The van der Waals surface area contributed by atoms with Crippen LogP contribution in [0.2, 0.25) is 0 Å². The lowest BCUT2D eigenvalue weighted by molar-refractivity contribution is -0.0636. The van der Waals surface area contributed by atoms with Crippen LogP contribution in [0.4, 0.5) is 25.1 Å². The van der Waals surface area contributed by atoms with Crippen LogP contribution in [0.3, 0.4) is 0 Å². The summed E-state index contributed by atoms with van der Waals surface area (Å²) in [5.41, 5.74) is -0.927. The van der Waals surface area contributed by atoms with Gasteiger partial charge in [-0.05, 0) is 18.2 Å². The van der Waals surface area contributed by atoms with Crippen LogP contribution < -0.4 is 10.2 Å². The largest absolute Gasteiger partial charge is 0.465 e.